The molecule has 1 unspecified atom stereocenters. The van der Waals surface area contributed by atoms with Gasteiger partial charge >= 0.3 is 0 Å². The van der Waals surface area contributed by atoms with Crippen molar-refractivity contribution in [3.05, 3.63) is 29.8 Å². The monoisotopic (exact) mass is 512 g/mol. The average molecular weight is 513 g/mol. The molecule has 0 aliphatic heterocycles. The van der Waals surface area contributed by atoms with Crippen molar-refractivity contribution in [3.63, 3.8) is 0 Å². The van der Waals surface area contributed by atoms with Crippen molar-refractivity contribution >= 4 is 22.3 Å². The van der Waals surface area contributed by atoms with Crippen molar-refractivity contribution in [2.75, 3.05) is 31.2 Å². The second kappa shape index (κ2) is 12.2. The SMILES string of the molecule is CC(C)(C)[Si](C)(C)OCCN(CCO[Si](C)(C)C(C)(C)C)c1ccc(C(C#N)C(C#N)C#N)cc1. The third-order valence-corrected chi connectivity index (χ3v) is 16.7. The summed E-state index contributed by atoms with van der Waals surface area (Å²) in [6.07, 6.45) is 0. The highest BCUT2D eigenvalue weighted by molar-refractivity contribution is 6.74. The van der Waals surface area contributed by atoms with Gasteiger partial charge in [-0.2, -0.15) is 15.8 Å². The van der Waals surface area contributed by atoms with E-state index in [1.54, 1.807) is 0 Å². The fourth-order valence-electron chi connectivity index (χ4n) is 3.04. The van der Waals surface area contributed by atoms with E-state index in [1.165, 1.54) is 0 Å². The summed E-state index contributed by atoms with van der Waals surface area (Å²) in [5.41, 5.74) is 1.69. The lowest BCUT2D eigenvalue weighted by Gasteiger charge is -2.38. The third kappa shape index (κ3) is 8.48. The molecule has 0 amide bonds. The zero-order valence-corrected chi connectivity index (χ0v) is 25.4. The van der Waals surface area contributed by atoms with Gasteiger partial charge in [-0.15, -0.1) is 0 Å². The topological polar surface area (TPSA) is 93.1 Å². The first-order valence-electron chi connectivity index (χ1n) is 12.3. The van der Waals surface area contributed by atoms with E-state index >= 15 is 0 Å². The maximum absolute atomic E-state index is 9.52. The van der Waals surface area contributed by atoms with E-state index in [1.807, 2.05) is 36.4 Å². The Morgan fingerprint density at radius 2 is 1.14 bits per heavy atom. The zero-order valence-electron chi connectivity index (χ0n) is 23.4. The fraction of sp³-hybridized carbons (Fsp3) is 0.667. The molecule has 0 radical (unpaired) electrons. The van der Waals surface area contributed by atoms with Crippen molar-refractivity contribution in [2.24, 2.45) is 5.92 Å². The Morgan fingerprint density at radius 1 is 0.743 bits per heavy atom. The summed E-state index contributed by atoms with van der Waals surface area (Å²) in [4.78, 5) is 2.26. The van der Waals surface area contributed by atoms with E-state index in [0.29, 0.717) is 18.8 Å². The van der Waals surface area contributed by atoms with E-state index in [4.69, 9.17) is 8.85 Å². The summed E-state index contributed by atoms with van der Waals surface area (Å²) in [6.45, 7) is 25.2. The molecular formula is C27H44N4O2Si2. The standard InChI is InChI=1S/C27H44N4O2Si2/c1-26(2,3)34(7,8)32-17-15-31(16-18-33-35(9,10)27(4,5)6)24-13-11-22(12-14-24)25(21-30)23(19-28)20-29/h11-14,23,25H,15-18H2,1-10H3. The van der Waals surface area contributed by atoms with Crippen LogP contribution >= 0.6 is 0 Å². The van der Waals surface area contributed by atoms with Crippen LogP contribution in [0.3, 0.4) is 0 Å². The number of nitrogens with zero attached hydrogens (tertiary/aromatic N) is 4. The number of hydrogen-bond donors (Lipinski definition) is 0. The van der Waals surface area contributed by atoms with Crippen molar-refractivity contribution in [3.8, 4) is 18.2 Å². The van der Waals surface area contributed by atoms with E-state index in [-0.39, 0.29) is 10.1 Å². The van der Waals surface area contributed by atoms with E-state index in [9.17, 15) is 15.8 Å². The number of hydrogen-bond acceptors (Lipinski definition) is 6. The third-order valence-electron chi connectivity index (χ3n) is 7.63. The van der Waals surface area contributed by atoms with Crippen LogP contribution in [-0.4, -0.2) is 42.9 Å². The van der Waals surface area contributed by atoms with Crippen LogP contribution in [0.1, 0.15) is 53.0 Å². The molecule has 6 nitrogen and oxygen atoms in total. The molecule has 1 aromatic rings. The minimum Gasteiger partial charge on any atom is -0.415 e. The Kier molecular flexibility index (Phi) is 10.8. The fourth-order valence-corrected chi connectivity index (χ4v) is 5.11. The normalized spacial score (nSPS) is 13.6. The molecule has 0 aliphatic carbocycles. The van der Waals surface area contributed by atoms with Gasteiger partial charge in [-0.05, 0) is 54.0 Å². The molecule has 0 saturated carbocycles. The summed E-state index contributed by atoms with van der Waals surface area (Å²) in [6, 6.07) is 13.6. The first-order valence-corrected chi connectivity index (χ1v) is 18.1. The number of benzene rings is 1. The average Bonchev–Trinajstić information content (AvgIpc) is 2.75. The van der Waals surface area contributed by atoms with E-state index < -0.39 is 28.5 Å². The molecule has 35 heavy (non-hydrogen) atoms. The summed E-state index contributed by atoms with van der Waals surface area (Å²) in [5, 5.41) is 28.3. The smallest absolute Gasteiger partial charge is 0.192 e. The van der Waals surface area contributed by atoms with Gasteiger partial charge in [0.1, 0.15) is 5.92 Å². The van der Waals surface area contributed by atoms with Crippen LogP contribution in [0.15, 0.2) is 24.3 Å². The Labute approximate surface area is 215 Å². The lowest BCUT2D eigenvalue weighted by atomic mass is 9.89. The summed E-state index contributed by atoms with van der Waals surface area (Å²) in [5.74, 6) is -1.76. The number of anilines is 1. The first kappa shape index (κ1) is 30.9. The Hall–Kier alpha value is -2.16. The molecule has 0 spiro atoms. The molecule has 0 aliphatic rings. The summed E-state index contributed by atoms with van der Waals surface area (Å²) < 4.78 is 12.9. The lowest BCUT2D eigenvalue weighted by Crippen LogP contribution is -2.44. The molecule has 0 fully saturated rings. The van der Waals surface area contributed by atoms with Gasteiger partial charge in [-0.25, -0.2) is 0 Å². The molecule has 0 heterocycles. The van der Waals surface area contributed by atoms with E-state index in [0.717, 1.165) is 18.8 Å². The van der Waals surface area contributed by atoms with Crippen LogP contribution in [0.2, 0.25) is 36.3 Å². The second-order valence-corrected chi connectivity index (χ2v) is 21.8. The van der Waals surface area contributed by atoms with Crippen LogP contribution in [0.25, 0.3) is 0 Å². The lowest BCUT2D eigenvalue weighted by molar-refractivity contribution is 0.276. The van der Waals surface area contributed by atoms with Gasteiger partial charge < -0.3 is 13.8 Å². The molecule has 0 N–H and O–H groups in total. The van der Waals surface area contributed by atoms with Crippen LogP contribution in [0.5, 0.6) is 0 Å². The molecule has 0 saturated heterocycles. The Balaban J connectivity index is 3.07. The maximum atomic E-state index is 9.52. The molecule has 192 valence electrons. The first-order chi connectivity index (χ1) is 16.0. The van der Waals surface area contributed by atoms with Gasteiger partial charge in [0.15, 0.2) is 22.6 Å². The van der Waals surface area contributed by atoms with Crippen molar-refractivity contribution in [1.29, 1.82) is 15.8 Å². The molecular weight excluding hydrogens is 468 g/mol. The largest absolute Gasteiger partial charge is 0.415 e. The predicted molar refractivity (Wildman–Crippen MR) is 148 cm³/mol. The second-order valence-electron chi connectivity index (χ2n) is 12.1. The summed E-state index contributed by atoms with van der Waals surface area (Å²) in [7, 11) is -3.71. The van der Waals surface area contributed by atoms with Gasteiger partial charge in [-0.1, -0.05) is 53.7 Å². The van der Waals surface area contributed by atoms with Gasteiger partial charge in [0.05, 0.1) is 31.4 Å². The van der Waals surface area contributed by atoms with Crippen LogP contribution in [0, 0.1) is 39.9 Å². The number of rotatable bonds is 11. The van der Waals surface area contributed by atoms with Crippen LogP contribution in [0.4, 0.5) is 5.69 Å². The molecule has 1 rings (SSSR count). The van der Waals surface area contributed by atoms with Crippen molar-refractivity contribution in [2.45, 2.75) is 83.7 Å². The van der Waals surface area contributed by atoms with Gasteiger partial charge in [0.25, 0.3) is 0 Å². The minimum absolute atomic E-state index is 0.148. The van der Waals surface area contributed by atoms with Gasteiger partial charge in [-0.3, -0.25) is 0 Å². The highest BCUT2D eigenvalue weighted by atomic mass is 28.4. The Morgan fingerprint density at radius 3 is 1.46 bits per heavy atom. The Bertz CT molecular complexity index is 896. The highest BCUT2D eigenvalue weighted by Gasteiger charge is 2.38. The molecule has 0 bridgehead atoms. The molecule has 1 aromatic carbocycles. The van der Waals surface area contributed by atoms with Gasteiger partial charge in [0.2, 0.25) is 0 Å². The maximum Gasteiger partial charge on any atom is 0.192 e. The minimum atomic E-state index is -1.86. The summed E-state index contributed by atoms with van der Waals surface area (Å²) >= 11 is 0. The molecule has 0 aromatic heterocycles. The van der Waals surface area contributed by atoms with Crippen LogP contribution in [-0.2, 0) is 8.85 Å². The highest BCUT2D eigenvalue weighted by Crippen LogP contribution is 2.37. The number of nitriles is 3. The molecule has 1 atom stereocenters. The van der Waals surface area contributed by atoms with Crippen LogP contribution < -0.4 is 4.90 Å². The van der Waals surface area contributed by atoms with Gasteiger partial charge in [0, 0.05) is 18.8 Å². The molecule has 8 heteroatoms. The zero-order chi connectivity index (χ0) is 27.1. The quantitative estimate of drug-likeness (QED) is 0.302. The van der Waals surface area contributed by atoms with E-state index in [2.05, 4.69) is 78.7 Å². The van der Waals surface area contributed by atoms with Crippen molar-refractivity contribution < 1.29 is 8.85 Å². The van der Waals surface area contributed by atoms with Crippen molar-refractivity contribution in [1.82, 2.24) is 0 Å². The predicted octanol–water partition coefficient (Wildman–Crippen LogP) is 6.81.